The Hall–Kier alpha value is -3.01. The lowest BCUT2D eigenvalue weighted by atomic mass is 9.69. The van der Waals surface area contributed by atoms with Crippen molar-refractivity contribution in [1.82, 2.24) is 0 Å². The van der Waals surface area contributed by atoms with E-state index in [-0.39, 0.29) is 23.4 Å². The highest BCUT2D eigenvalue weighted by Gasteiger charge is 2.47. The van der Waals surface area contributed by atoms with Crippen molar-refractivity contribution < 1.29 is 14.3 Å². The van der Waals surface area contributed by atoms with E-state index in [0.29, 0.717) is 24.2 Å². The van der Waals surface area contributed by atoms with Gasteiger partial charge in [0.05, 0.1) is 18.2 Å². The monoisotopic (exact) mass is 371 g/mol. The van der Waals surface area contributed by atoms with Crippen molar-refractivity contribution in [3.63, 3.8) is 0 Å². The van der Waals surface area contributed by atoms with Gasteiger partial charge in [0.25, 0.3) is 0 Å². The van der Waals surface area contributed by atoms with E-state index in [4.69, 9.17) is 9.73 Å². The van der Waals surface area contributed by atoms with Crippen molar-refractivity contribution >= 4 is 23.0 Å². The van der Waals surface area contributed by atoms with Crippen LogP contribution in [-0.2, 0) is 4.79 Å². The predicted molar refractivity (Wildman–Crippen MR) is 108 cm³/mol. The number of Topliss-reactive ketones (excluding diaryl/α,β-unsaturated/α-hetero) is 2. The number of fused-ring (bicyclic) bond motifs is 3. The molecule has 4 nitrogen and oxygen atoms in total. The van der Waals surface area contributed by atoms with Crippen LogP contribution in [0.15, 0.2) is 59.1 Å². The number of rotatable bonds is 3. The van der Waals surface area contributed by atoms with Gasteiger partial charge in [-0.15, -0.1) is 0 Å². The van der Waals surface area contributed by atoms with Gasteiger partial charge in [-0.25, -0.2) is 0 Å². The fourth-order valence-corrected chi connectivity index (χ4v) is 4.81. The van der Waals surface area contributed by atoms with E-state index in [2.05, 4.69) is 0 Å². The van der Waals surface area contributed by atoms with Gasteiger partial charge in [-0.05, 0) is 25.8 Å². The lowest BCUT2D eigenvalue weighted by molar-refractivity contribution is -0.121. The Morgan fingerprint density at radius 2 is 1.71 bits per heavy atom. The van der Waals surface area contributed by atoms with E-state index in [0.717, 1.165) is 41.1 Å². The molecule has 2 aromatic carbocycles. The molecule has 28 heavy (non-hydrogen) atoms. The third kappa shape index (κ3) is 2.40. The molecule has 3 aliphatic rings. The number of benzene rings is 2. The molecule has 2 aliphatic carbocycles. The van der Waals surface area contributed by atoms with Crippen LogP contribution in [0, 0.1) is 5.92 Å². The number of carbonyl (C=O) groups is 2. The summed E-state index contributed by atoms with van der Waals surface area (Å²) in [5.74, 6) is 0.204. The molecule has 5 rings (SSSR count). The summed E-state index contributed by atoms with van der Waals surface area (Å²) >= 11 is 0. The topological polar surface area (TPSA) is 55.7 Å². The molecule has 1 fully saturated rings. The minimum atomic E-state index is -0.368. The van der Waals surface area contributed by atoms with Crippen LogP contribution in [0.2, 0.25) is 0 Å². The summed E-state index contributed by atoms with van der Waals surface area (Å²) in [6.07, 6.45) is 2.17. The number of hydrogen-bond acceptors (Lipinski definition) is 4. The van der Waals surface area contributed by atoms with Crippen LogP contribution in [0.25, 0.3) is 5.70 Å². The van der Waals surface area contributed by atoms with Crippen LogP contribution in [0.5, 0.6) is 5.75 Å². The van der Waals surface area contributed by atoms with Crippen molar-refractivity contribution in [3.05, 3.63) is 70.8 Å². The van der Waals surface area contributed by atoms with E-state index < -0.39 is 0 Å². The van der Waals surface area contributed by atoms with Crippen molar-refractivity contribution in [1.29, 1.82) is 0 Å². The molecule has 1 heterocycles. The second-order valence-electron chi connectivity index (χ2n) is 7.49. The first-order chi connectivity index (χ1) is 13.7. The molecule has 0 aromatic heterocycles. The molecule has 0 N–H and O–H groups in total. The second-order valence-corrected chi connectivity index (χ2v) is 7.49. The number of allylic oxidation sites excluding steroid dienone is 1. The Morgan fingerprint density at radius 1 is 0.964 bits per heavy atom. The maximum Gasteiger partial charge on any atom is 0.192 e. The smallest absolute Gasteiger partial charge is 0.192 e. The molecular weight excluding hydrogens is 350 g/mol. The van der Waals surface area contributed by atoms with E-state index in [9.17, 15) is 9.59 Å². The predicted octanol–water partition coefficient (Wildman–Crippen LogP) is 4.60. The van der Waals surface area contributed by atoms with Gasteiger partial charge in [-0.3, -0.25) is 14.6 Å². The minimum absolute atomic E-state index is 0.0110. The first-order valence-corrected chi connectivity index (χ1v) is 9.91. The van der Waals surface area contributed by atoms with Gasteiger partial charge >= 0.3 is 0 Å². The Bertz CT molecular complexity index is 1060. The molecule has 0 bridgehead atoms. The van der Waals surface area contributed by atoms with Gasteiger partial charge < -0.3 is 4.74 Å². The average molecular weight is 371 g/mol. The number of carbonyl (C=O) groups excluding carboxylic acids is 2. The normalized spacial score (nSPS) is 23.1. The maximum absolute atomic E-state index is 13.4. The van der Waals surface area contributed by atoms with Gasteiger partial charge in [0.2, 0.25) is 0 Å². The van der Waals surface area contributed by atoms with Gasteiger partial charge in [0.1, 0.15) is 11.5 Å². The van der Waals surface area contributed by atoms with Crippen molar-refractivity contribution in [2.45, 2.75) is 32.1 Å². The van der Waals surface area contributed by atoms with Crippen LogP contribution in [0.4, 0.5) is 0 Å². The van der Waals surface area contributed by atoms with Gasteiger partial charge in [0.15, 0.2) is 5.78 Å². The van der Waals surface area contributed by atoms with Crippen LogP contribution in [-0.4, -0.2) is 23.9 Å². The first-order valence-electron chi connectivity index (χ1n) is 9.91. The first kappa shape index (κ1) is 17.1. The summed E-state index contributed by atoms with van der Waals surface area (Å²) in [6, 6.07) is 15.4. The molecule has 0 saturated heterocycles. The molecule has 0 spiro atoms. The third-order valence-corrected chi connectivity index (χ3v) is 5.94. The average Bonchev–Trinajstić information content (AvgIpc) is 3.00. The zero-order valence-corrected chi connectivity index (χ0v) is 15.8. The highest BCUT2D eigenvalue weighted by Crippen LogP contribution is 2.51. The van der Waals surface area contributed by atoms with Crippen LogP contribution < -0.4 is 4.74 Å². The SMILES string of the molecule is CCOc1ccccc1[C@@H]1C2=C(N=C3CCCC(=O)C31)c1ccccc1C2=O. The number of ether oxygens (including phenoxy) is 1. The summed E-state index contributed by atoms with van der Waals surface area (Å²) in [5.41, 5.74) is 4.78. The zero-order valence-electron chi connectivity index (χ0n) is 15.8. The minimum Gasteiger partial charge on any atom is -0.494 e. The summed E-state index contributed by atoms with van der Waals surface area (Å²) in [4.78, 5) is 31.3. The Balaban J connectivity index is 1.76. The molecule has 2 aromatic rings. The summed E-state index contributed by atoms with van der Waals surface area (Å²) in [7, 11) is 0. The maximum atomic E-state index is 13.4. The van der Waals surface area contributed by atoms with Gasteiger partial charge in [-0.2, -0.15) is 0 Å². The van der Waals surface area contributed by atoms with Gasteiger partial charge in [0, 0.05) is 40.3 Å². The Kier molecular flexibility index (Phi) is 4.00. The van der Waals surface area contributed by atoms with Gasteiger partial charge in [-0.1, -0.05) is 42.5 Å². The standard InChI is InChI=1S/C24H21NO3/c1-2-28-19-13-6-5-10-16(19)20-21-17(11-7-12-18(21)26)25-23-14-8-3-4-9-15(14)24(27)22(20)23/h3-6,8-10,13,20-21H,2,7,11-12H2,1H3/t20-,21?/m0/s1. The Morgan fingerprint density at radius 3 is 2.54 bits per heavy atom. The molecular formula is C24H21NO3. The number of ketones is 2. The zero-order chi connectivity index (χ0) is 19.3. The van der Waals surface area contributed by atoms with Crippen LogP contribution in [0.1, 0.15) is 53.6 Å². The van der Waals surface area contributed by atoms with Crippen LogP contribution >= 0.6 is 0 Å². The molecule has 1 unspecified atom stereocenters. The number of hydrogen-bond donors (Lipinski definition) is 0. The summed E-state index contributed by atoms with van der Waals surface area (Å²) in [6.45, 7) is 2.47. The molecule has 140 valence electrons. The van der Waals surface area contributed by atoms with Crippen molar-refractivity contribution in [3.8, 4) is 5.75 Å². The van der Waals surface area contributed by atoms with E-state index >= 15 is 0 Å². The fourth-order valence-electron chi connectivity index (χ4n) is 4.81. The highest BCUT2D eigenvalue weighted by molar-refractivity contribution is 6.25. The molecule has 0 radical (unpaired) electrons. The molecule has 1 saturated carbocycles. The van der Waals surface area contributed by atoms with Crippen molar-refractivity contribution in [2.24, 2.45) is 10.9 Å². The quantitative estimate of drug-likeness (QED) is 0.792. The fraction of sp³-hybridized carbons (Fsp3) is 0.292. The van der Waals surface area contributed by atoms with Crippen molar-refractivity contribution in [2.75, 3.05) is 6.61 Å². The number of aliphatic imine (C=N–C) groups is 1. The second kappa shape index (κ2) is 6.55. The van der Waals surface area contributed by atoms with E-state index in [1.54, 1.807) is 0 Å². The molecule has 4 heteroatoms. The van der Waals surface area contributed by atoms with E-state index in [1.807, 2.05) is 55.5 Å². The molecule has 0 amide bonds. The number of para-hydroxylation sites is 1. The molecule has 1 aliphatic heterocycles. The lowest BCUT2D eigenvalue weighted by Crippen LogP contribution is -2.37. The highest BCUT2D eigenvalue weighted by atomic mass is 16.5. The third-order valence-electron chi connectivity index (χ3n) is 5.94. The largest absolute Gasteiger partial charge is 0.494 e. The Labute approximate surface area is 163 Å². The summed E-state index contributed by atoms with van der Waals surface area (Å²) < 4.78 is 5.88. The summed E-state index contributed by atoms with van der Waals surface area (Å²) in [5, 5.41) is 0. The number of nitrogens with zero attached hydrogens (tertiary/aromatic N) is 1. The van der Waals surface area contributed by atoms with Crippen LogP contribution in [0.3, 0.4) is 0 Å². The van der Waals surface area contributed by atoms with E-state index in [1.165, 1.54) is 0 Å². The molecule has 2 atom stereocenters. The lowest BCUT2D eigenvalue weighted by Gasteiger charge is -2.35.